The molecule has 0 spiro atoms. The second kappa shape index (κ2) is 8.39. The molecule has 130 valence electrons. The lowest BCUT2D eigenvalue weighted by molar-refractivity contribution is -0.115. The summed E-state index contributed by atoms with van der Waals surface area (Å²) in [7, 11) is 0. The summed E-state index contributed by atoms with van der Waals surface area (Å²) in [6.45, 7) is 1.20. The van der Waals surface area contributed by atoms with Crippen LogP contribution in [0.15, 0.2) is 42.5 Å². The van der Waals surface area contributed by atoms with E-state index in [-0.39, 0.29) is 16.5 Å². The van der Waals surface area contributed by atoms with Gasteiger partial charge in [-0.2, -0.15) is 0 Å². The first-order valence-electron chi connectivity index (χ1n) is 7.46. The summed E-state index contributed by atoms with van der Waals surface area (Å²) >= 11 is 5.61. The van der Waals surface area contributed by atoms with Crippen LogP contribution < -0.4 is 5.32 Å². The third-order valence-electron chi connectivity index (χ3n) is 3.30. The molecule has 0 unspecified atom stereocenters. The lowest BCUT2D eigenvalue weighted by Crippen LogP contribution is -2.15. The Morgan fingerprint density at radius 2 is 1.80 bits per heavy atom. The second-order valence-corrected chi connectivity index (χ2v) is 5.54. The molecule has 2 aromatic carbocycles. The molecule has 0 atom stereocenters. The molecule has 0 aliphatic rings. The molecule has 0 saturated carbocycles. The number of anilines is 1. The Morgan fingerprint density at radius 1 is 1.12 bits per heavy atom. The van der Waals surface area contributed by atoms with Gasteiger partial charge < -0.3 is 10.1 Å². The third-order valence-corrected chi connectivity index (χ3v) is 3.53. The standard InChI is InChI=1S/C18H15ClFNO4/c1-2-17(23)21-13-6-3-11(4-7-13)16(22)10-25-18(24)14-8-5-12(19)9-15(14)20/h3-9H,2,10H2,1H3,(H,21,23). The van der Waals surface area contributed by atoms with Gasteiger partial charge in [0.05, 0.1) is 5.56 Å². The van der Waals surface area contributed by atoms with Crippen LogP contribution in [0.2, 0.25) is 5.02 Å². The van der Waals surface area contributed by atoms with Crippen molar-refractivity contribution in [3.05, 3.63) is 64.4 Å². The van der Waals surface area contributed by atoms with Gasteiger partial charge in [0.1, 0.15) is 5.82 Å². The van der Waals surface area contributed by atoms with Crippen molar-refractivity contribution in [1.29, 1.82) is 0 Å². The van der Waals surface area contributed by atoms with Crippen molar-refractivity contribution in [2.45, 2.75) is 13.3 Å². The van der Waals surface area contributed by atoms with Crippen LogP contribution in [0.4, 0.5) is 10.1 Å². The van der Waals surface area contributed by atoms with E-state index in [0.29, 0.717) is 17.7 Å². The SMILES string of the molecule is CCC(=O)Nc1ccc(C(=O)COC(=O)c2ccc(Cl)cc2F)cc1. The first-order valence-corrected chi connectivity index (χ1v) is 7.83. The van der Waals surface area contributed by atoms with Crippen molar-refractivity contribution in [2.24, 2.45) is 0 Å². The maximum absolute atomic E-state index is 13.6. The van der Waals surface area contributed by atoms with E-state index in [1.165, 1.54) is 24.3 Å². The highest BCUT2D eigenvalue weighted by Crippen LogP contribution is 2.16. The van der Waals surface area contributed by atoms with Crippen molar-refractivity contribution in [1.82, 2.24) is 0 Å². The molecule has 0 aromatic heterocycles. The van der Waals surface area contributed by atoms with Crippen molar-refractivity contribution < 1.29 is 23.5 Å². The number of amides is 1. The Hall–Kier alpha value is -2.73. The molecule has 7 heteroatoms. The summed E-state index contributed by atoms with van der Waals surface area (Å²) in [5.41, 5.74) is 0.567. The number of Topliss-reactive ketones (excluding diaryl/α,β-unsaturated/α-hetero) is 1. The minimum atomic E-state index is -0.950. The van der Waals surface area contributed by atoms with Crippen molar-refractivity contribution in [3.63, 3.8) is 0 Å². The van der Waals surface area contributed by atoms with Crippen LogP contribution in [-0.2, 0) is 9.53 Å². The number of benzene rings is 2. The zero-order valence-corrected chi connectivity index (χ0v) is 14.1. The predicted molar refractivity (Wildman–Crippen MR) is 91.4 cm³/mol. The Kier molecular flexibility index (Phi) is 6.25. The summed E-state index contributed by atoms with van der Waals surface area (Å²) in [6.07, 6.45) is 0.345. The van der Waals surface area contributed by atoms with Gasteiger partial charge in [-0.15, -0.1) is 0 Å². The fourth-order valence-electron chi connectivity index (χ4n) is 1.94. The molecule has 1 amide bonds. The van der Waals surface area contributed by atoms with Gasteiger partial charge in [-0.05, 0) is 42.5 Å². The second-order valence-electron chi connectivity index (χ2n) is 5.10. The first-order chi connectivity index (χ1) is 11.9. The van der Waals surface area contributed by atoms with Gasteiger partial charge >= 0.3 is 5.97 Å². The minimum Gasteiger partial charge on any atom is -0.454 e. The van der Waals surface area contributed by atoms with Gasteiger partial charge in [0, 0.05) is 22.7 Å². The molecular weight excluding hydrogens is 349 g/mol. The van der Waals surface area contributed by atoms with Gasteiger partial charge in [-0.25, -0.2) is 9.18 Å². The Balaban J connectivity index is 1.95. The molecular formula is C18H15ClFNO4. The number of ether oxygens (including phenoxy) is 1. The Bertz CT molecular complexity index is 805. The summed E-state index contributed by atoms with van der Waals surface area (Å²) in [4.78, 5) is 35.1. The summed E-state index contributed by atoms with van der Waals surface area (Å²) in [6, 6.07) is 9.68. The summed E-state index contributed by atoms with van der Waals surface area (Å²) < 4.78 is 18.5. The van der Waals surface area contributed by atoms with Gasteiger partial charge in [-0.3, -0.25) is 9.59 Å². The Morgan fingerprint density at radius 3 is 2.40 bits per heavy atom. The normalized spacial score (nSPS) is 10.2. The molecule has 0 saturated heterocycles. The fourth-order valence-corrected chi connectivity index (χ4v) is 2.09. The molecule has 0 fully saturated rings. The molecule has 5 nitrogen and oxygen atoms in total. The highest BCUT2D eigenvalue weighted by molar-refractivity contribution is 6.30. The van der Waals surface area contributed by atoms with Gasteiger partial charge in [0.2, 0.25) is 5.91 Å². The number of halogens is 2. The quantitative estimate of drug-likeness (QED) is 0.624. The molecule has 0 aliphatic carbocycles. The van der Waals surface area contributed by atoms with Crippen molar-refractivity contribution >= 4 is 34.9 Å². The molecule has 2 aromatic rings. The number of hydrogen-bond acceptors (Lipinski definition) is 4. The van der Waals surface area contributed by atoms with Crippen LogP contribution in [0.5, 0.6) is 0 Å². The molecule has 0 aliphatic heterocycles. The predicted octanol–water partition coefficient (Wildman–Crippen LogP) is 3.87. The van der Waals surface area contributed by atoms with Crippen LogP contribution in [0.25, 0.3) is 0 Å². The first kappa shape index (κ1) is 18.6. The highest BCUT2D eigenvalue weighted by atomic mass is 35.5. The number of carbonyl (C=O) groups excluding carboxylic acids is 3. The molecule has 1 N–H and O–H groups in total. The molecule has 0 radical (unpaired) electrons. The molecule has 25 heavy (non-hydrogen) atoms. The lowest BCUT2D eigenvalue weighted by atomic mass is 10.1. The minimum absolute atomic E-state index is 0.141. The summed E-state index contributed by atoms with van der Waals surface area (Å²) in [5, 5.41) is 2.81. The van der Waals surface area contributed by atoms with E-state index in [2.05, 4.69) is 5.32 Å². The zero-order chi connectivity index (χ0) is 18.4. The number of rotatable bonds is 6. The fraction of sp³-hybridized carbons (Fsp3) is 0.167. The van der Waals surface area contributed by atoms with E-state index < -0.39 is 24.2 Å². The van der Waals surface area contributed by atoms with Crippen molar-refractivity contribution in [2.75, 3.05) is 11.9 Å². The maximum Gasteiger partial charge on any atom is 0.341 e. The monoisotopic (exact) mass is 363 g/mol. The van der Waals surface area contributed by atoms with Gasteiger partial charge in [0.15, 0.2) is 12.4 Å². The van der Waals surface area contributed by atoms with Crippen molar-refractivity contribution in [3.8, 4) is 0 Å². The third kappa shape index (κ3) is 5.12. The van der Waals surface area contributed by atoms with Gasteiger partial charge in [-0.1, -0.05) is 18.5 Å². The van der Waals surface area contributed by atoms with E-state index in [9.17, 15) is 18.8 Å². The van der Waals surface area contributed by atoms with E-state index in [1.54, 1.807) is 19.1 Å². The average Bonchev–Trinajstić information content (AvgIpc) is 2.60. The molecule has 2 rings (SSSR count). The number of carbonyl (C=O) groups is 3. The summed E-state index contributed by atoms with van der Waals surface area (Å²) in [5.74, 6) is -2.36. The van der Waals surface area contributed by atoms with E-state index in [4.69, 9.17) is 16.3 Å². The van der Waals surface area contributed by atoms with E-state index >= 15 is 0 Å². The smallest absolute Gasteiger partial charge is 0.341 e. The highest BCUT2D eigenvalue weighted by Gasteiger charge is 2.16. The largest absolute Gasteiger partial charge is 0.454 e. The zero-order valence-electron chi connectivity index (χ0n) is 13.3. The topological polar surface area (TPSA) is 72.5 Å². The van der Waals surface area contributed by atoms with E-state index in [1.807, 2.05) is 0 Å². The van der Waals surface area contributed by atoms with Crippen LogP contribution in [-0.4, -0.2) is 24.3 Å². The maximum atomic E-state index is 13.6. The van der Waals surface area contributed by atoms with E-state index in [0.717, 1.165) is 6.07 Å². The van der Waals surface area contributed by atoms with Crippen LogP contribution in [0.1, 0.15) is 34.1 Å². The lowest BCUT2D eigenvalue weighted by Gasteiger charge is -2.07. The number of ketones is 1. The Labute approximate surface area is 148 Å². The number of nitrogens with one attached hydrogen (secondary N) is 1. The molecule has 0 heterocycles. The van der Waals surface area contributed by atoms with Crippen LogP contribution >= 0.6 is 11.6 Å². The number of hydrogen-bond donors (Lipinski definition) is 1. The van der Waals surface area contributed by atoms with Crippen LogP contribution in [0, 0.1) is 5.82 Å². The van der Waals surface area contributed by atoms with Crippen LogP contribution in [0.3, 0.4) is 0 Å². The average molecular weight is 364 g/mol. The van der Waals surface area contributed by atoms with Gasteiger partial charge in [0.25, 0.3) is 0 Å². The number of esters is 1. The molecule has 0 bridgehead atoms.